The lowest BCUT2D eigenvalue weighted by Gasteiger charge is -2.34. The molecule has 1 aliphatic rings. The van der Waals surface area contributed by atoms with Gasteiger partial charge >= 0.3 is 0 Å². The van der Waals surface area contributed by atoms with Crippen LogP contribution < -0.4 is 4.90 Å². The molecule has 3 aromatic rings. The van der Waals surface area contributed by atoms with Gasteiger partial charge in [0, 0.05) is 44.1 Å². The van der Waals surface area contributed by atoms with Gasteiger partial charge in [-0.1, -0.05) is 6.07 Å². The van der Waals surface area contributed by atoms with Crippen LogP contribution in [0.5, 0.6) is 0 Å². The van der Waals surface area contributed by atoms with Gasteiger partial charge in [0.15, 0.2) is 0 Å². The molecule has 0 spiro atoms. The van der Waals surface area contributed by atoms with Crippen molar-refractivity contribution in [1.29, 1.82) is 0 Å². The number of hydrogen-bond acceptors (Lipinski definition) is 7. The van der Waals surface area contributed by atoms with Crippen LogP contribution in [0.15, 0.2) is 41.1 Å². The molecule has 2 aromatic heterocycles. The predicted molar refractivity (Wildman–Crippen MR) is 106 cm³/mol. The van der Waals surface area contributed by atoms with Gasteiger partial charge in [0.2, 0.25) is 11.8 Å². The molecule has 0 amide bonds. The number of hydrogen-bond donors (Lipinski definition) is 0. The molecule has 0 atom stereocenters. The third-order valence-electron chi connectivity index (χ3n) is 4.90. The van der Waals surface area contributed by atoms with Crippen molar-refractivity contribution in [3.8, 4) is 11.5 Å². The van der Waals surface area contributed by atoms with E-state index < -0.39 is 0 Å². The lowest BCUT2D eigenvalue weighted by Crippen LogP contribution is -2.47. The molecule has 140 valence electrons. The minimum absolute atomic E-state index is 0.400. The molecule has 0 saturated carbocycles. The van der Waals surface area contributed by atoms with Crippen LogP contribution in [-0.2, 0) is 6.67 Å². The number of benzene rings is 1. The van der Waals surface area contributed by atoms with Crippen molar-refractivity contribution in [3.63, 3.8) is 0 Å². The minimum Gasteiger partial charge on any atom is -0.409 e. The molecule has 0 radical (unpaired) electrons. The van der Waals surface area contributed by atoms with Gasteiger partial charge in [0.25, 0.3) is 4.84 Å². The number of rotatable bonds is 4. The smallest absolute Gasteiger partial charge is 0.288 e. The molecule has 0 bridgehead atoms. The summed E-state index contributed by atoms with van der Waals surface area (Å²) in [4.78, 5) is 13.5. The maximum Gasteiger partial charge on any atom is 0.288 e. The first kappa shape index (κ1) is 17.8. The Hall–Kier alpha value is -2.58. The molecule has 1 aliphatic heterocycles. The fourth-order valence-electron chi connectivity index (χ4n) is 3.12. The molecule has 1 saturated heterocycles. The Morgan fingerprint density at radius 2 is 1.78 bits per heavy atom. The first-order valence-corrected chi connectivity index (χ1v) is 9.41. The lowest BCUT2D eigenvalue weighted by atomic mass is 10.1. The van der Waals surface area contributed by atoms with Gasteiger partial charge in [-0.3, -0.25) is 4.90 Å². The summed E-state index contributed by atoms with van der Waals surface area (Å²) in [6.07, 6.45) is 3.55. The topological polar surface area (TPSA) is 63.2 Å². The molecule has 8 heteroatoms. The standard InChI is InChI=1S/C19H22N6OS/c1-14-4-5-16(12-15(14)2)17-22-25(19(27)26-17)13-23-8-10-24(11-9-23)18-20-6-3-7-21-18/h3-7,12H,8-11,13H2,1-2H3. The summed E-state index contributed by atoms with van der Waals surface area (Å²) in [5.74, 6) is 1.35. The highest BCUT2D eigenvalue weighted by Gasteiger charge is 2.20. The molecule has 1 fully saturated rings. The molecule has 0 N–H and O–H groups in total. The van der Waals surface area contributed by atoms with Crippen molar-refractivity contribution in [2.24, 2.45) is 0 Å². The van der Waals surface area contributed by atoms with Crippen LogP contribution >= 0.6 is 12.2 Å². The van der Waals surface area contributed by atoms with E-state index in [0.717, 1.165) is 37.7 Å². The van der Waals surface area contributed by atoms with E-state index in [1.165, 1.54) is 11.1 Å². The molecule has 0 aliphatic carbocycles. The van der Waals surface area contributed by atoms with Crippen molar-refractivity contribution < 1.29 is 4.42 Å². The van der Waals surface area contributed by atoms with Gasteiger partial charge in [-0.05, 0) is 55.4 Å². The Morgan fingerprint density at radius 3 is 2.48 bits per heavy atom. The fraction of sp³-hybridized carbons (Fsp3) is 0.368. The van der Waals surface area contributed by atoms with E-state index in [-0.39, 0.29) is 0 Å². The summed E-state index contributed by atoms with van der Waals surface area (Å²) < 4.78 is 7.50. The van der Waals surface area contributed by atoms with E-state index in [4.69, 9.17) is 16.6 Å². The summed E-state index contributed by atoms with van der Waals surface area (Å²) in [6, 6.07) is 8.01. The van der Waals surface area contributed by atoms with E-state index in [0.29, 0.717) is 17.4 Å². The van der Waals surface area contributed by atoms with Crippen LogP contribution in [0, 0.1) is 18.7 Å². The second-order valence-electron chi connectivity index (χ2n) is 6.77. The average Bonchev–Trinajstić information content (AvgIpc) is 3.06. The number of piperazine rings is 1. The Bertz CT molecular complexity index is 975. The third kappa shape index (κ3) is 3.91. The predicted octanol–water partition coefficient (Wildman–Crippen LogP) is 3.06. The lowest BCUT2D eigenvalue weighted by molar-refractivity contribution is 0.191. The van der Waals surface area contributed by atoms with E-state index >= 15 is 0 Å². The zero-order valence-electron chi connectivity index (χ0n) is 15.5. The molecular weight excluding hydrogens is 360 g/mol. The summed E-state index contributed by atoms with van der Waals surface area (Å²) in [5, 5.41) is 4.59. The van der Waals surface area contributed by atoms with E-state index in [2.05, 4.69) is 50.8 Å². The van der Waals surface area contributed by atoms with Crippen molar-refractivity contribution in [3.05, 3.63) is 52.6 Å². The quantitative estimate of drug-likeness (QED) is 0.643. The Labute approximate surface area is 163 Å². The minimum atomic E-state index is 0.400. The SMILES string of the molecule is Cc1ccc(-c2nn(CN3CCN(c4ncccn4)CC3)c(=S)o2)cc1C. The van der Waals surface area contributed by atoms with Gasteiger partial charge in [0.1, 0.15) is 0 Å². The first-order valence-electron chi connectivity index (χ1n) is 9.00. The van der Waals surface area contributed by atoms with Gasteiger partial charge in [0.05, 0.1) is 6.67 Å². The largest absolute Gasteiger partial charge is 0.409 e. The first-order chi connectivity index (χ1) is 13.1. The zero-order valence-corrected chi connectivity index (χ0v) is 16.3. The molecular formula is C19H22N6OS. The molecule has 1 aromatic carbocycles. The zero-order chi connectivity index (χ0) is 18.8. The maximum absolute atomic E-state index is 5.74. The summed E-state index contributed by atoms with van der Waals surface area (Å²) in [6.45, 7) is 8.33. The van der Waals surface area contributed by atoms with Gasteiger partial charge < -0.3 is 9.32 Å². The Kier molecular flexibility index (Phi) is 5.00. The third-order valence-corrected chi connectivity index (χ3v) is 5.20. The Balaban J connectivity index is 1.43. The highest BCUT2D eigenvalue weighted by molar-refractivity contribution is 7.71. The van der Waals surface area contributed by atoms with Crippen LogP contribution in [0.4, 0.5) is 5.95 Å². The monoisotopic (exact) mass is 382 g/mol. The van der Waals surface area contributed by atoms with Crippen LogP contribution in [-0.4, -0.2) is 50.8 Å². The number of aryl methyl sites for hydroxylation is 2. The van der Waals surface area contributed by atoms with E-state index in [9.17, 15) is 0 Å². The summed E-state index contributed by atoms with van der Waals surface area (Å²) >= 11 is 5.38. The molecule has 0 unspecified atom stereocenters. The van der Waals surface area contributed by atoms with Crippen LogP contribution in [0.25, 0.3) is 11.5 Å². The van der Waals surface area contributed by atoms with Crippen molar-refractivity contribution in [2.75, 3.05) is 31.1 Å². The normalized spacial score (nSPS) is 15.3. The fourth-order valence-corrected chi connectivity index (χ4v) is 3.30. The van der Waals surface area contributed by atoms with Crippen molar-refractivity contribution in [1.82, 2.24) is 24.6 Å². The van der Waals surface area contributed by atoms with E-state index in [1.54, 1.807) is 17.1 Å². The van der Waals surface area contributed by atoms with Crippen molar-refractivity contribution >= 4 is 18.2 Å². The van der Waals surface area contributed by atoms with Crippen LogP contribution in [0.1, 0.15) is 11.1 Å². The van der Waals surface area contributed by atoms with Gasteiger partial charge in [-0.15, -0.1) is 5.10 Å². The summed E-state index contributed by atoms with van der Waals surface area (Å²) in [7, 11) is 0. The number of aromatic nitrogens is 4. The second-order valence-corrected chi connectivity index (χ2v) is 7.12. The summed E-state index contributed by atoms with van der Waals surface area (Å²) in [5.41, 5.74) is 3.41. The average molecular weight is 382 g/mol. The van der Waals surface area contributed by atoms with Crippen LogP contribution in [0.2, 0.25) is 0 Å². The molecule has 27 heavy (non-hydrogen) atoms. The van der Waals surface area contributed by atoms with Crippen LogP contribution in [0.3, 0.4) is 0 Å². The maximum atomic E-state index is 5.74. The van der Waals surface area contributed by atoms with Crippen molar-refractivity contribution in [2.45, 2.75) is 20.5 Å². The highest BCUT2D eigenvalue weighted by Crippen LogP contribution is 2.21. The molecule has 7 nitrogen and oxygen atoms in total. The number of anilines is 1. The molecule has 3 heterocycles. The van der Waals surface area contributed by atoms with E-state index in [1.807, 2.05) is 12.1 Å². The number of nitrogens with zero attached hydrogens (tertiary/aromatic N) is 6. The Morgan fingerprint density at radius 1 is 1.04 bits per heavy atom. The van der Waals surface area contributed by atoms with Gasteiger partial charge in [-0.25, -0.2) is 14.6 Å². The van der Waals surface area contributed by atoms with Gasteiger partial charge in [-0.2, -0.15) is 0 Å². The second kappa shape index (κ2) is 7.58. The highest BCUT2D eigenvalue weighted by atomic mass is 32.1. The molecule has 4 rings (SSSR count).